The number of nitrogens with one attached hydrogen (secondary N) is 2. The maximum atomic E-state index is 12.5. The molecule has 0 aliphatic rings. The topological polar surface area (TPSA) is 110 Å². The summed E-state index contributed by atoms with van der Waals surface area (Å²) in [6, 6.07) is 21.9. The Labute approximate surface area is 215 Å². The van der Waals surface area contributed by atoms with Crippen molar-refractivity contribution < 1.29 is 18.8 Å². The van der Waals surface area contributed by atoms with Gasteiger partial charge in [-0.1, -0.05) is 35.0 Å². The molecule has 2 N–H and O–H groups in total. The minimum atomic E-state index is -0.215. The fourth-order valence-electron chi connectivity index (χ4n) is 3.53. The highest BCUT2D eigenvalue weighted by Crippen LogP contribution is 2.19. The van der Waals surface area contributed by atoms with E-state index in [9.17, 15) is 9.59 Å². The van der Waals surface area contributed by atoms with Crippen LogP contribution in [0.3, 0.4) is 0 Å². The second-order valence-corrected chi connectivity index (χ2v) is 8.60. The third kappa shape index (κ3) is 6.94. The van der Waals surface area contributed by atoms with E-state index in [4.69, 9.17) is 9.26 Å². The van der Waals surface area contributed by atoms with Crippen LogP contribution in [-0.2, 0) is 13.0 Å². The van der Waals surface area contributed by atoms with Gasteiger partial charge >= 0.3 is 6.03 Å². The Bertz CT molecular complexity index is 1350. The van der Waals surface area contributed by atoms with Crippen molar-refractivity contribution in [2.45, 2.75) is 19.9 Å². The second kappa shape index (κ2) is 11.9. The molecule has 0 unspecified atom stereocenters. The number of likely N-dealkylation sites (N-methyl/N-ethyl adjacent to an activating group) is 1. The van der Waals surface area contributed by atoms with Gasteiger partial charge < -0.3 is 24.8 Å². The normalized spacial score (nSPS) is 10.6. The van der Waals surface area contributed by atoms with E-state index in [1.54, 1.807) is 43.3 Å². The van der Waals surface area contributed by atoms with Crippen molar-refractivity contribution >= 4 is 17.6 Å². The molecule has 4 aromatic rings. The highest BCUT2D eigenvalue weighted by Gasteiger charge is 2.14. The van der Waals surface area contributed by atoms with E-state index in [1.807, 2.05) is 55.5 Å². The number of amides is 3. The molecule has 0 radical (unpaired) electrons. The lowest BCUT2D eigenvalue weighted by molar-refractivity contribution is 0.0951. The first-order valence-electron chi connectivity index (χ1n) is 11.8. The Kier molecular flexibility index (Phi) is 8.15. The lowest BCUT2D eigenvalue weighted by Gasteiger charge is -2.17. The zero-order valence-electron chi connectivity index (χ0n) is 21.0. The van der Waals surface area contributed by atoms with Crippen molar-refractivity contribution in [3.05, 3.63) is 95.3 Å². The van der Waals surface area contributed by atoms with Gasteiger partial charge in [-0.15, -0.1) is 0 Å². The molecular formula is C28H29N5O4. The molecule has 3 aromatic carbocycles. The zero-order chi connectivity index (χ0) is 26.2. The molecular weight excluding hydrogens is 470 g/mol. The molecule has 0 saturated heterocycles. The third-order valence-corrected chi connectivity index (χ3v) is 5.77. The van der Waals surface area contributed by atoms with E-state index >= 15 is 0 Å². The maximum Gasteiger partial charge on any atom is 0.321 e. The molecule has 0 aliphatic heterocycles. The van der Waals surface area contributed by atoms with E-state index in [2.05, 4.69) is 20.8 Å². The lowest BCUT2D eigenvalue weighted by atomic mass is 10.1. The van der Waals surface area contributed by atoms with Crippen LogP contribution in [0.5, 0.6) is 5.75 Å². The van der Waals surface area contributed by atoms with Crippen LogP contribution in [0.2, 0.25) is 0 Å². The van der Waals surface area contributed by atoms with Crippen molar-refractivity contribution in [1.82, 2.24) is 20.4 Å². The molecule has 190 valence electrons. The van der Waals surface area contributed by atoms with E-state index in [0.29, 0.717) is 42.4 Å². The molecule has 1 aromatic heterocycles. The van der Waals surface area contributed by atoms with Gasteiger partial charge in [0.1, 0.15) is 5.75 Å². The number of benzene rings is 3. The van der Waals surface area contributed by atoms with Gasteiger partial charge in [0, 0.05) is 43.4 Å². The summed E-state index contributed by atoms with van der Waals surface area (Å²) in [6.45, 7) is 2.80. The van der Waals surface area contributed by atoms with Gasteiger partial charge in [0.15, 0.2) is 5.82 Å². The van der Waals surface area contributed by atoms with Gasteiger partial charge in [-0.3, -0.25) is 4.79 Å². The average molecular weight is 500 g/mol. The van der Waals surface area contributed by atoms with Crippen molar-refractivity contribution in [3.63, 3.8) is 0 Å². The number of hydrogen-bond acceptors (Lipinski definition) is 6. The number of aromatic nitrogens is 2. The summed E-state index contributed by atoms with van der Waals surface area (Å²) in [5.41, 5.74) is 4.03. The zero-order valence-corrected chi connectivity index (χ0v) is 21.0. The van der Waals surface area contributed by atoms with Crippen LogP contribution >= 0.6 is 0 Å². The summed E-state index contributed by atoms with van der Waals surface area (Å²) in [5.74, 6) is 1.40. The molecule has 9 heteroatoms. The first-order valence-corrected chi connectivity index (χ1v) is 11.8. The monoisotopic (exact) mass is 499 g/mol. The molecule has 0 fully saturated rings. The highest BCUT2D eigenvalue weighted by molar-refractivity contribution is 5.94. The third-order valence-electron chi connectivity index (χ3n) is 5.77. The number of anilines is 1. The maximum absolute atomic E-state index is 12.5. The van der Waals surface area contributed by atoms with Crippen LogP contribution in [0.15, 0.2) is 77.3 Å². The first-order chi connectivity index (χ1) is 17.9. The number of urea groups is 1. The number of carbonyl (C=O) groups is 2. The quantitative estimate of drug-likeness (QED) is 0.346. The van der Waals surface area contributed by atoms with Crippen LogP contribution in [0.1, 0.15) is 27.3 Å². The number of nitrogens with zero attached hydrogens (tertiary/aromatic N) is 3. The highest BCUT2D eigenvalue weighted by atomic mass is 16.5. The van der Waals surface area contributed by atoms with Crippen LogP contribution in [0.25, 0.3) is 11.5 Å². The standard InChI is InChI=1S/C28H29N5O4/c1-19-7-13-23(14-8-19)30-28(35)33(2)16-15-25-31-27(37-32-25)22-11-9-21(10-12-22)26(34)29-18-20-5-4-6-24(17-20)36-3/h4-14,17H,15-16,18H2,1-3H3,(H,29,34)(H,30,35). The second-order valence-electron chi connectivity index (χ2n) is 8.60. The SMILES string of the molecule is COc1cccc(CNC(=O)c2ccc(-c3nc(CCN(C)C(=O)Nc4ccc(C)cc4)no3)cc2)c1. The predicted molar refractivity (Wildman–Crippen MR) is 140 cm³/mol. The Morgan fingerprint density at radius 1 is 1.03 bits per heavy atom. The first kappa shape index (κ1) is 25.4. The molecule has 0 atom stereocenters. The molecule has 0 aliphatic carbocycles. The van der Waals surface area contributed by atoms with Gasteiger partial charge in [-0.05, 0) is 61.0 Å². The van der Waals surface area contributed by atoms with Gasteiger partial charge in [-0.2, -0.15) is 4.98 Å². The van der Waals surface area contributed by atoms with Crippen LogP contribution in [0.4, 0.5) is 10.5 Å². The molecule has 0 bridgehead atoms. The van der Waals surface area contributed by atoms with Crippen LogP contribution in [-0.4, -0.2) is 47.7 Å². The number of ether oxygens (including phenoxy) is 1. The lowest BCUT2D eigenvalue weighted by Crippen LogP contribution is -2.33. The fraction of sp³-hybridized carbons (Fsp3) is 0.214. The Balaban J connectivity index is 1.28. The van der Waals surface area contributed by atoms with E-state index < -0.39 is 0 Å². The predicted octanol–water partition coefficient (Wildman–Crippen LogP) is 4.69. The van der Waals surface area contributed by atoms with E-state index in [-0.39, 0.29) is 11.9 Å². The molecule has 1 heterocycles. The Morgan fingerprint density at radius 2 is 1.78 bits per heavy atom. The molecule has 9 nitrogen and oxygen atoms in total. The summed E-state index contributed by atoms with van der Waals surface area (Å²) < 4.78 is 10.6. The average Bonchev–Trinajstić information content (AvgIpc) is 3.41. The van der Waals surface area contributed by atoms with Gasteiger partial charge in [0.05, 0.1) is 7.11 Å². The van der Waals surface area contributed by atoms with Crippen molar-refractivity contribution in [2.24, 2.45) is 0 Å². The summed E-state index contributed by atoms with van der Waals surface area (Å²) in [5, 5.41) is 9.78. The Morgan fingerprint density at radius 3 is 2.51 bits per heavy atom. The van der Waals surface area contributed by atoms with E-state index in [1.165, 1.54) is 0 Å². The smallest absolute Gasteiger partial charge is 0.321 e. The molecule has 0 saturated carbocycles. The fourth-order valence-corrected chi connectivity index (χ4v) is 3.53. The Hall–Kier alpha value is -4.66. The van der Waals surface area contributed by atoms with Crippen molar-refractivity contribution in [3.8, 4) is 17.2 Å². The summed E-state index contributed by atoms with van der Waals surface area (Å²) in [7, 11) is 3.32. The van der Waals surface area contributed by atoms with Crippen molar-refractivity contribution in [1.29, 1.82) is 0 Å². The van der Waals surface area contributed by atoms with E-state index in [0.717, 1.165) is 22.6 Å². The number of aryl methyl sites for hydroxylation is 1. The number of hydrogen-bond donors (Lipinski definition) is 2. The number of methoxy groups -OCH3 is 1. The summed E-state index contributed by atoms with van der Waals surface area (Å²) in [6.07, 6.45) is 0.437. The van der Waals surface area contributed by atoms with Gasteiger partial charge in [0.2, 0.25) is 0 Å². The molecule has 4 rings (SSSR count). The van der Waals surface area contributed by atoms with Gasteiger partial charge in [-0.25, -0.2) is 4.79 Å². The number of carbonyl (C=O) groups excluding carboxylic acids is 2. The molecule has 0 spiro atoms. The summed E-state index contributed by atoms with van der Waals surface area (Å²) >= 11 is 0. The minimum absolute atomic E-state index is 0.187. The van der Waals surface area contributed by atoms with Crippen molar-refractivity contribution in [2.75, 3.05) is 26.0 Å². The largest absolute Gasteiger partial charge is 0.497 e. The molecule has 37 heavy (non-hydrogen) atoms. The van der Waals surface area contributed by atoms with Crippen LogP contribution in [0, 0.1) is 6.92 Å². The van der Waals surface area contributed by atoms with Gasteiger partial charge in [0.25, 0.3) is 11.8 Å². The summed E-state index contributed by atoms with van der Waals surface area (Å²) in [4.78, 5) is 30.9. The molecule has 3 amide bonds. The number of rotatable bonds is 9. The van der Waals surface area contributed by atoms with Crippen LogP contribution < -0.4 is 15.4 Å². The minimum Gasteiger partial charge on any atom is -0.497 e.